The van der Waals surface area contributed by atoms with E-state index in [0.717, 1.165) is 12.6 Å². The van der Waals surface area contributed by atoms with Crippen LogP contribution in [0, 0.1) is 5.41 Å². The van der Waals surface area contributed by atoms with Crippen molar-refractivity contribution >= 4 is 11.8 Å². The van der Waals surface area contributed by atoms with Crippen molar-refractivity contribution in [2.75, 3.05) is 18.1 Å². The van der Waals surface area contributed by atoms with E-state index in [2.05, 4.69) is 37.8 Å². The lowest BCUT2D eigenvalue weighted by molar-refractivity contribution is -0.0593. The first-order chi connectivity index (χ1) is 8.05. The van der Waals surface area contributed by atoms with Crippen molar-refractivity contribution in [2.45, 2.75) is 64.6 Å². The molecule has 2 atom stereocenters. The summed E-state index contributed by atoms with van der Waals surface area (Å²) in [6.07, 6.45) is 5.50. The zero-order valence-corrected chi connectivity index (χ0v) is 12.3. The van der Waals surface area contributed by atoms with E-state index in [-0.39, 0.29) is 5.41 Å². The first-order valence-corrected chi connectivity index (χ1v) is 8.16. The van der Waals surface area contributed by atoms with Gasteiger partial charge in [-0.1, -0.05) is 20.8 Å². The van der Waals surface area contributed by atoms with E-state index in [1.807, 2.05) is 0 Å². The summed E-state index contributed by atoms with van der Waals surface area (Å²) < 4.78 is 5.92. The molecule has 0 spiro atoms. The summed E-state index contributed by atoms with van der Waals surface area (Å²) in [5, 5.41) is 3.87. The van der Waals surface area contributed by atoms with Gasteiger partial charge in [0.25, 0.3) is 0 Å². The highest BCUT2D eigenvalue weighted by Gasteiger charge is 2.32. The van der Waals surface area contributed by atoms with E-state index in [4.69, 9.17) is 4.74 Å². The molecule has 0 aromatic carbocycles. The fourth-order valence-electron chi connectivity index (χ4n) is 2.75. The molecule has 2 unspecified atom stereocenters. The first-order valence-electron chi connectivity index (χ1n) is 7.01. The zero-order valence-electron chi connectivity index (χ0n) is 11.5. The summed E-state index contributed by atoms with van der Waals surface area (Å²) >= 11 is 2.10. The third kappa shape index (κ3) is 4.15. The molecule has 100 valence electrons. The normalized spacial score (nSPS) is 32.6. The summed E-state index contributed by atoms with van der Waals surface area (Å²) in [6.45, 7) is 7.80. The van der Waals surface area contributed by atoms with Crippen LogP contribution in [-0.4, -0.2) is 36.3 Å². The lowest BCUT2D eigenvalue weighted by atomic mass is 9.83. The molecule has 2 aliphatic heterocycles. The molecular formula is C14H27NOS. The SMILES string of the molecule is CC(C)(C)C1CC(NC2CCSCC2)CCO1. The predicted octanol–water partition coefficient (Wildman–Crippen LogP) is 3.07. The minimum atomic E-state index is 0.281. The average Bonchev–Trinajstić information content (AvgIpc) is 2.29. The molecule has 0 aliphatic carbocycles. The van der Waals surface area contributed by atoms with Crippen LogP contribution in [0.25, 0.3) is 0 Å². The van der Waals surface area contributed by atoms with E-state index in [9.17, 15) is 0 Å². The molecule has 2 saturated heterocycles. The number of thioether (sulfide) groups is 1. The van der Waals surface area contributed by atoms with Gasteiger partial charge in [0.05, 0.1) is 6.10 Å². The van der Waals surface area contributed by atoms with Gasteiger partial charge in [0.1, 0.15) is 0 Å². The van der Waals surface area contributed by atoms with Gasteiger partial charge in [-0.05, 0) is 42.6 Å². The summed E-state index contributed by atoms with van der Waals surface area (Å²) in [6, 6.07) is 1.45. The Labute approximate surface area is 110 Å². The molecule has 0 aromatic rings. The average molecular weight is 257 g/mol. The number of ether oxygens (including phenoxy) is 1. The second-order valence-electron chi connectivity index (χ2n) is 6.50. The summed E-state index contributed by atoms with van der Waals surface area (Å²) in [7, 11) is 0. The largest absolute Gasteiger partial charge is 0.378 e. The Morgan fingerprint density at radius 1 is 1.06 bits per heavy atom. The van der Waals surface area contributed by atoms with Gasteiger partial charge < -0.3 is 10.1 Å². The van der Waals surface area contributed by atoms with Crippen LogP contribution < -0.4 is 5.32 Å². The van der Waals surface area contributed by atoms with Crippen molar-refractivity contribution < 1.29 is 4.74 Å². The van der Waals surface area contributed by atoms with E-state index in [0.29, 0.717) is 12.1 Å². The lowest BCUT2D eigenvalue weighted by Crippen LogP contribution is -2.48. The molecule has 2 aliphatic rings. The lowest BCUT2D eigenvalue weighted by Gasteiger charge is -2.39. The van der Waals surface area contributed by atoms with Gasteiger partial charge in [-0.15, -0.1) is 0 Å². The van der Waals surface area contributed by atoms with Crippen LogP contribution in [0.15, 0.2) is 0 Å². The van der Waals surface area contributed by atoms with E-state index in [1.54, 1.807) is 0 Å². The molecule has 0 aromatic heterocycles. The zero-order chi connectivity index (χ0) is 12.3. The molecule has 1 N–H and O–H groups in total. The third-order valence-corrected chi connectivity index (χ3v) is 4.99. The standard InChI is InChI=1S/C14H27NOS/c1-14(2,3)13-10-12(4-7-16-13)15-11-5-8-17-9-6-11/h11-13,15H,4-10H2,1-3H3. The number of hydrogen-bond donors (Lipinski definition) is 1. The molecule has 0 saturated carbocycles. The van der Waals surface area contributed by atoms with Crippen LogP contribution in [0.3, 0.4) is 0 Å². The monoisotopic (exact) mass is 257 g/mol. The second-order valence-corrected chi connectivity index (χ2v) is 7.72. The van der Waals surface area contributed by atoms with Crippen molar-refractivity contribution in [2.24, 2.45) is 5.41 Å². The van der Waals surface area contributed by atoms with Crippen LogP contribution in [0.5, 0.6) is 0 Å². The van der Waals surface area contributed by atoms with Gasteiger partial charge >= 0.3 is 0 Å². The van der Waals surface area contributed by atoms with Crippen molar-refractivity contribution in [3.05, 3.63) is 0 Å². The highest BCUT2D eigenvalue weighted by atomic mass is 32.2. The molecule has 3 heteroatoms. The Hall–Kier alpha value is 0.270. The topological polar surface area (TPSA) is 21.3 Å². The van der Waals surface area contributed by atoms with Crippen LogP contribution in [0.2, 0.25) is 0 Å². The van der Waals surface area contributed by atoms with E-state index >= 15 is 0 Å². The highest BCUT2D eigenvalue weighted by molar-refractivity contribution is 7.99. The van der Waals surface area contributed by atoms with Crippen molar-refractivity contribution in [1.82, 2.24) is 5.32 Å². The molecular weight excluding hydrogens is 230 g/mol. The van der Waals surface area contributed by atoms with Crippen LogP contribution >= 0.6 is 11.8 Å². The molecule has 2 fully saturated rings. The maximum Gasteiger partial charge on any atom is 0.0638 e. The van der Waals surface area contributed by atoms with Gasteiger partial charge in [-0.25, -0.2) is 0 Å². The van der Waals surface area contributed by atoms with Crippen LogP contribution in [0.1, 0.15) is 46.5 Å². The fraction of sp³-hybridized carbons (Fsp3) is 1.00. The summed E-state index contributed by atoms with van der Waals surface area (Å²) in [5.41, 5.74) is 0.281. The van der Waals surface area contributed by atoms with Crippen molar-refractivity contribution in [1.29, 1.82) is 0 Å². The molecule has 2 heterocycles. The molecule has 17 heavy (non-hydrogen) atoms. The Morgan fingerprint density at radius 2 is 1.76 bits per heavy atom. The summed E-state index contributed by atoms with van der Waals surface area (Å²) in [5.74, 6) is 2.67. The Kier molecular flexibility index (Phi) is 4.79. The molecule has 2 rings (SSSR count). The molecule has 2 nitrogen and oxygen atoms in total. The Bertz CT molecular complexity index is 233. The maximum atomic E-state index is 5.92. The highest BCUT2D eigenvalue weighted by Crippen LogP contribution is 2.30. The van der Waals surface area contributed by atoms with Gasteiger partial charge in [-0.3, -0.25) is 0 Å². The molecule has 0 bridgehead atoms. The van der Waals surface area contributed by atoms with E-state index < -0.39 is 0 Å². The Balaban J connectivity index is 1.80. The van der Waals surface area contributed by atoms with E-state index in [1.165, 1.54) is 37.2 Å². The van der Waals surface area contributed by atoms with Gasteiger partial charge in [0, 0.05) is 18.7 Å². The number of hydrogen-bond acceptors (Lipinski definition) is 3. The van der Waals surface area contributed by atoms with Crippen LogP contribution in [0.4, 0.5) is 0 Å². The Morgan fingerprint density at radius 3 is 2.41 bits per heavy atom. The number of rotatable bonds is 2. The van der Waals surface area contributed by atoms with Gasteiger partial charge in [0.2, 0.25) is 0 Å². The maximum absolute atomic E-state index is 5.92. The smallest absolute Gasteiger partial charge is 0.0638 e. The number of nitrogens with one attached hydrogen (secondary N) is 1. The van der Waals surface area contributed by atoms with Gasteiger partial charge in [0.15, 0.2) is 0 Å². The molecule has 0 radical (unpaired) electrons. The predicted molar refractivity (Wildman–Crippen MR) is 75.7 cm³/mol. The van der Waals surface area contributed by atoms with Gasteiger partial charge in [-0.2, -0.15) is 11.8 Å². The minimum absolute atomic E-state index is 0.281. The minimum Gasteiger partial charge on any atom is -0.378 e. The fourth-order valence-corrected chi connectivity index (χ4v) is 3.86. The quantitative estimate of drug-likeness (QED) is 0.821. The molecule has 0 amide bonds. The third-order valence-electron chi connectivity index (χ3n) is 3.94. The second kappa shape index (κ2) is 5.94. The van der Waals surface area contributed by atoms with Crippen molar-refractivity contribution in [3.63, 3.8) is 0 Å². The van der Waals surface area contributed by atoms with Crippen molar-refractivity contribution in [3.8, 4) is 0 Å². The first kappa shape index (κ1) is 13.7. The van der Waals surface area contributed by atoms with Crippen LogP contribution in [-0.2, 0) is 4.74 Å². The summed E-state index contributed by atoms with van der Waals surface area (Å²) in [4.78, 5) is 0.